The van der Waals surface area contributed by atoms with Gasteiger partial charge in [0.05, 0.1) is 21.0 Å². The molecule has 1 fully saturated rings. The maximum atomic E-state index is 13.5. The highest BCUT2D eigenvalue weighted by Crippen LogP contribution is 2.34. The molecule has 96 valence electrons. The highest BCUT2D eigenvalue weighted by molar-refractivity contribution is 9.10. The molecule has 0 unspecified atom stereocenters. The number of nitrogens with one attached hydrogen (secondary N) is 1. The maximum Gasteiger partial charge on any atom is 0.139 e. The van der Waals surface area contributed by atoms with Gasteiger partial charge in [-0.2, -0.15) is 0 Å². The number of benzene rings is 1. The third-order valence-corrected chi connectivity index (χ3v) is 4.35. The number of rotatable bonds is 1. The third kappa shape index (κ3) is 1.95. The molecular weight excluding hydrogens is 297 g/mol. The lowest BCUT2D eigenvalue weighted by molar-refractivity contribution is 0.289. The van der Waals surface area contributed by atoms with E-state index in [1.54, 1.807) is 6.07 Å². The number of H-pyrrole nitrogens is 1. The molecule has 0 bridgehead atoms. The van der Waals surface area contributed by atoms with Crippen LogP contribution in [0.15, 0.2) is 16.6 Å². The van der Waals surface area contributed by atoms with Crippen molar-refractivity contribution in [3.63, 3.8) is 0 Å². The standard InChI is InChI=1S/C13H15BrFN3/c14-8-6-10-11(7-9(8)15)18-12(17-10)13(16)4-2-1-3-5-13/h6-7H,1-5,16H2,(H,17,18). The Morgan fingerprint density at radius 2 is 2.00 bits per heavy atom. The molecular formula is C13H15BrFN3. The van der Waals surface area contributed by atoms with E-state index in [0.29, 0.717) is 9.99 Å². The first-order valence-corrected chi connectivity index (χ1v) is 7.02. The van der Waals surface area contributed by atoms with Crippen molar-refractivity contribution >= 4 is 27.0 Å². The van der Waals surface area contributed by atoms with Crippen LogP contribution in [0.4, 0.5) is 4.39 Å². The maximum absolute atomic E-state index is 13.5. The van der Waals surface area contributed by atoms with Gasteiger partial charge in [-0.1, -0.05) is 19.3 Å². The number of nitrogens with zero attached hydrogens (tertiary/aromatic N) is 1. The van der Waals surface area contributed by atoms with Gasteiger partial charge >= 0.3 is 0 Å². The number of hydrogen-bond donors (Lipinski definition) is 2. The molecule has 0 atom stereocenters. The summed E-state index contributed by atoms with van der Waals surface area (Å²) in [6.07, 6.45) is 5.38. The zero-order chi connectivity index (χ0) is 12.8. The first-order chi connectivity index (χ1) is 8.58. The summed E-state index contributed by atoms with van der Waals surface area (Å²) in [5.74, 6) is 0.502. The van der Waals surface area contributed by atoms with E-state index >= 15 is 0 Å². The monoisotopic (exact) mass is 311 g/mol. The van der Waals surface area contributed by atoms with Crippen LogP contribution in [0, 0.1) is 5.82 Å². The van der Waals surface area contributed by atoms with Gasteiger partial charge in [0, 0.05) is 6.07 Å². The van der Waals surface area contributed by atoms with Crippen LogP contribution in [0.5, 0.6) is 0 Å². The molecule has 1 aliphatic carbocycles. The lowest BCUT2D eigenvalue weighted by Gasteiger charge is -2.31. The quantitative estimate of drug-likeness (QED) is 0.845. The average Bonchev–Trinajstić information content (AvgIpc) is 2.74. The highest BCUT2D eigenvalue weighted by Gasteiger charge is 2.32. The molecule has 0 radical (unpaired) electrons. The second kappa shape index (κ2) is 4.31. The molecule has 0 saturated heterocycles. The van der Waals surface area contributed by atoms with E-state index in [1.165, 1.54) is 12.5 Å². The van der Waals surface area contributed by atoms with Crippen molar-refractivity contribution in [3.8, 4) is 0 Å². The Kier molecular flexibility index (Phi) is 2.90. The normalized spacial score (nSPS) is 19.3. The summed E-state index contributed by atoms with van der Waals surface area (Å²) in [4.78, 5) is 7.71. The summed E-state index contributed by atoms with van der Waals surface area (Å²) >= 11 is 3.17. The van der Waals surface area contributed by atoms with Crippen molar-refractivity contribution in [1.29, 1.82) is 0 Å². The Balaban J connectivity index is 2.07. The molecule has 1 aliphatic rings. The van der Waals surface area contributed by atoms with Crippen LogP contribution in [0.2, 0.25) is 0 Å². The number of fused-ring (bicyclic) bond motifs is 1. The van der Waals surface area contributed by atoms with E-state index in [-0.39, 0.29) is 11.4 Å². The SMILES string of the molecule is NC1(c2nc3cc(Br)c(F)cc3[nH]2)CCCCC1. The number of imidazole rings is 1. The summed E-state index contributed by atoms with van der Waals surface area (Å²) in [7, 11) is 0. The minimum absolute atomic E-state index is 0.285. The molecule has 0 aliphatic heterocycles. The minimum atomic E-state index is -0.375. The first kappa shape index (κ1) is 12.1. The lowest BCUT2D eigenvalue weighted by atomic mass is 9.82. The molecule has 1 heterocycles. The Bertz CT molecular complexity index is 548. The highest BCUT2D eigenvalue weighted by atomic mass is 79.9. The second-order valence-electron chi connectivity index (χ2n) is 5.09. The van der Waals surface area contributed by atoms with Gasteiger partial charge < -0.3 is 10.7 Å². The van der Waals surface area contributed by atoms with Crippen molar-refractivity contribution < 1.29 is 4.39 Å². The third-order valence-electron chi connectivity index (χ3n) is 3.74. The van der Waals surface area contributed by atoms with Gasteiger partial charge in [0.2, 0.25) is 0 Å². The Morgan fingerprint density at radius 1 is 1.28 bits per heavy atom. The summed E-state index contributed by atoms with van der Waals surface area (Å²) < 4.78 is 13.9. The largest absolute Gasteiger partial charge is 0.340 e. The molecule has 3 rings (SSSR count). The van der Waals surface area contributed by atoms with Gasteiger partial charge in [-0.25, -0.2) is 9.37 Å². The summed E-state index contributed by atoms with van der Waals surface area (Å²) in [6.45, 7) is 0. The average molecular weight is 312 g/mol. The molecule has 0 spiro atoms. The Hall–Kier alpha value is -0.940. The lowest BCUT2D eigenvalue weighted by Crippen LogP contribution is -2.39. The molecule has 5 heteroatoms. The van der Waals surface area contributed by atoms with Crippen LogP contribution in [0.3, 0.4) is 0 Å². The number of halogens is 2. The van der Waals surface area contributed by atoms with Crippen LogP contribution in [-0.2, 0) is 5.54 Å². The van der Waals surface area contributed by atoms with Gasteiger partial charge in [-0.15, -0.1) is 0 Å². The molecule has 1 saturated carbocycles. The molecule has 0 amide bonds. The van der Waals surface area contributed by atoms with E-state index in [1.807, 2.05) is 0 Å². The predicted molar refractivity (Wildman–Crippen MR) is 72.7 cm³/mol. The summed E-state index contributed by atoms with van der Waals surface area (Å²) in [5.41, 5.74) is 7.51. The fourth-order valence-corrected chi connectivity index (χ4v) is 2.99. The fourth-order valence-electron chi connectivity index (χ4n) is 2.66. The summed E-state index contributed by atoms with van der Waals surface area (Å²) in [5, 5.41) is 0. The minimum Gasteiger partial charge on any atom is -0.340 e. The smallest absolute Gasteiger partial charge is 0.139 e. The van der Waals surface area contributed by atoms with E-state index < -0.39 is 0 Å². The van der Waals surface area contributed by atoms with Crippen molar-refractivity contribution in [3.05, 3.63) is 28.2 Å². The van der Waals surface area contributed by atoms with Crippen molar-refractivity contribution in [2.75, 3.05) is 0 Å². The van der Waals surface area contributed by atoms with Crippen LogP contribution in [-0.4, -0.2) is 9.97 Å². The predicted octanol–water partition coefficient (Wildman–Crippen LogP) is 3.58. The Labute approximate surface area is 113 Å². The number of aromatic amines is 1. The van der Waals surface area contributed by atoms with E-state index in [9.17, 15) is 4.39 Å². The van der Waals surface area contributed by atoms with E-state index in [4.69, 9.17) is 5.73 Å². The van der Waals surface area contributed by atoms with Crippen molar-refractivity contribution in [2.24, 2.45) is 5.73 Å². The number of hydrogen-bond acceptors (Lipinski definition) is 2. The van der Waals surface area contributed by atoms with E-state index in [2.05, 4.69) is 25.9 Å². The topological polar surface area (TPSA) is 54.7 Å². The fraction of sp³-hybridized carbons (Fsp3) is 0.462. The first-order valence-electron chi connectivity index (χ1n) is 6.23. The van der Waals surface area contributed by atoms with Crippen molar-refractivity contribution in [2.45, 2.75) is 37.6 Å². The van der Waals surface area contributed by atoms with Crippen LogP contribution < -0.4 is 5.73 Å². The number of nitrogens with two attached hydrogens (primary N) is 1. The van der Waals surface area contributed by atoms with Gasteiger partial charge in [-0.05, 0) is 34.8 Å². The molecule has 1 aromatic carbocycles. The molecule has 3 nitrogen and oxygen atoms in total. The van der Waals surface area contributed by atoms with E-state index in [0.717, 1.165) is 37.0 Å². The zero-order valence-corrected chi connectivity index (χ0v) is 11.6. The second-order valence-corrected chi connectivity index (χ2v) is 5.94. The van der Waals surface area contributed by atoms with Gasteiger partial charge in [-0.3, -0.25) is 0 Å². The Morgan fingerprint density at radius 3 is 2.72 bits per heavy atom. The molecule has 1 aromatic heterocycles. The van der Waals surface area contributed by atoms with Crippen LogP contribution in [0.25, 0.3) is 11.0 Å². The molecule has 2 aromatic rings. The molecule has 18 heavy (non-hydrogen) atoms. The van der Waals surface area contributed by atoms with Crippen LogP contribution >= 0.6 is 15.9 Å². The van der Waals surface area contributed by atoms with Gasteiger partial charge in [0.15, 0.2) is 0 Å². The zero-order valence-electron chi connectivity index (χ0n) is 9.97. The van der Waals surface area contributed by atoms with Crippen molar-refractivity contribution in [1.82, 2.24) is 9.97 Å². The van der Waals surface area contributed by atoms with Gasteiger partial charge in [0.25, 0.3) is 0 Å². The van der Waals surface area contributed by atoms with Crippen LogP contribution in [0.1, 0.15) is 37.9 Å². The van der Waals surface area contributed by atoms with Gasteiger partial charge in [0.1, 0.15) is 11.6 Å². The number of aromatic nitrogens is 2. The molecule has 3 N–H and O–H groups in total. The summed E-state index contributed by atoms with van der Waals surface area (Å²) in [6, 6.07) is 3.15.